The first-order valence-electron chi connectivity index (χ1n) is 5.65. The number of fused-ring (bicyclic) bond motifs is 1. The van der Waals surface area contributed by atoms with Crippen LogP contribution in [0.15, 0.2) is 12.1 Å². The van der Waals surface area contributed by atoms with Crippen LogP contribution in [0.5, 0.6) is 11.5 Å². The highest BCUT2D eigenvalue weighted by molar-refractivity contribution is 6.32. The zero-order chi connectivity index (χ0) is 13.1. The molecule has 5 nitrogen and oxygen atoms in total. The van der Waals surface area contributed by atoms with Gasteiger partial charge in [0.2, 0.25) is 0 Å². The van der Waals surface area contributed by atoms with Crippen LogP contribution in [-0.4, -0.2) is 30.8 Å². The molecular weight excluding hydrogens is 258 g/mol. The third-order valence-electron chi connectivity index (χ3n) is 2.76. The Kier molecular flexibility index (Phi) is 3.93. The summed E-state index contributed by atoms with van der Waals surface area (Å²) in [4.78, 5) is 11.1. The molecule has 1 aliphatic heterocycles. The fraction of sp³-hybridized carbons (Fsp3) is 0.417. The molecule has 1 unspecified atom stereocenters. The Morgan fingerprint density at radius 1 is 1.44 bits per heavy atom. The van der Waals surface area contributed by atoms with Gasteiger partial charge in [-0.05, 0) is 17.7 Å². The third-order valence-corrected chi connectivity index (χ3v) is 3.04. The monoisotopic (exact) mass is 271 g/mol. The number of hydrogen-bond acceptors (Lipinski definition) is 4. The van der Waals surface area contributed by atoms with E-state index >= 15 is 0 Å². The van der Waals surface area contributed by atoms with Gasteiger partial charge in [0, 0.05) is 13.0 Å². The molecule has 0 saturated carbocycles. The van der Waals surface area contributed by atoms with Gasteiger partial charge in [-0.15, -0.1) is 0 Å². The average Bonchev–Trinajstić information content (AvgIpc) is 2.55. The van der Waals surface area contributed by atoms with Crippen molar-refractivity contribution < 1.29 is 19.4 Å². The quantitative estimate of drug-likeness (QED) is 0.873. The van der Waals surface area contributed by atoms with E-state index < -0.39 is 11.9 Å². The Labute approximate surface area is 109 Å². The summed E-state index contributed by atoms with van der Waals surface area (Å²) in [5.41, 5.74) is 5.99. The lowest BCUT2D eigenvalue weighted by molar-refractivity contribution is -0.138. The lowest BCUT2D eigenvalue weighted by atomic mass is 9.99. The van der Waals surface area contributed by atoms with Crippen LogP contribution in [0.25, 0.3) is 0 Å². The van der Waals surface area contributed by atoms with E-state index in [0.29, 0.717) is 35.3 Å². The number of rotatable bonds is 3. The highest BCUT2D eigenvalue weighted by Crippen LogP contribution is 2.39. The Bertz CT molecular complexity index is 464. The maximum atomic E-state index is 11.1. The molecular formula is C12H14ClNO4. The van der Waals surface area contributed by atoms with Gasteiger partial charge in [-0.3, -0.25) is 4.79 Å². The van der Waals surface area contributed by atoms with E-state index in [1.807, 2.05) is 0 Å². The second-order valence-electron chi connectivity index (χ2n) is 4.01. The summed E-state index contributed by atoms with van der Waals surface area (Å²) in [6, 6.07) is 3.21. The maximum Gasteiger partial charge on any atom is 0.312 e. The first kappa shape index (κ1) is 13.0. The van der Waals surface area contributed by atoms with Gasteiger partial charge in [-0.2, -0.15) is 0 Å². The number of carboxylic acid groups (broad SMARTS) is 1. The van der Waals surface area contributed by atoms with E-state index in [-0.39, 0.29) is 6.54 Å². The van der Waals surface area contributed by atoms with Crippen molar-refractivity contribution in [2.24, 2.45) is 5.73 Å². The number of carboxylic acids is 1. The summed E-state index contributed by atoms with van der Waals surface area (Å²) in [5, 5.41) is 9.43. The Morgan fingerprint density at radius 2 is 2.17 bits per heavy atom. The third kappa shape index (κ3) is 2.52. The fourth-order valence-electron chi connectivity index (χ4n) is 1.83. The number of ether oxygens (including phenoxy) is 2. The fourth-order valence-corrected chi connectivity index (χ4v) is 2.11. The highest BCUT2D eigenvalue weighted by atomic mass is 35.5. The Morgan fingerprint density at radius 3 is 2.83 bits per heavy atom. The maximum absolute atomic E-state index is 11.1. The van der Waals surface area contributed by atoms with Gasteiger partial charge in [-0.25, -0.2) is 0 Å². The molecule has 1 aliphatic rings. The van der Waals surface area contributed by atoms with Crippen LogP contribution >= 0.6 is 11.6 Å². The molecule has 6 heteroatoms. The van der Waals surface area contributed by atoms with Gasteiger partial charge in [0.05, 0.1) is 24.2 Å². The van der Waals surface area contributed by atoms with E-state index in [2.05, 4.69) is 0 Å². The number of aliphatic carboxylic acids is 1. The SMILES string of the molecule is NCC(C(=O)O)c1cc(Cl)c2c(c1)OCCCO2. The van der Waals surface area contributed by atoms with Crippen LogP contribution < -0.4 is 15.2 Å². The Balaban J connectivity index is 2.42. The zero-order valence-electron chi connectivity index (χ0n) is 9.69. The molecule has 2 rings (SSSR count). The molecule has 3 N–H and O–H groups in total. The van der Waals surface area contributed by atoms with E-state index in [0.717, 1.165) is 6.42 Å². The second kappa shape index (κ2) is 5.46. The highest BCUT2D eigenvalue weighted by Gasteiger charge is 2.23. The van der Waals surface area contributed by atoms with Crippen molar-refractivity contribution >= 4 is 17.6 Å². The smallest absolute Gasteiger partial charge is 0.312 e. The van der Waals surface area contributed by atoms with Crippen molar-refractivity contribution in [2.75, 3.05) is 19.8 Å². The van der Waals surface area contributed by atoms with Crippen molar-refractivity contribution in [3.05, 3.63) is 22.7 Å². The minimum Gasteiger partial charge on any atom is -0.489 e. The molecule has 0 saturated heterocycles. The minimum atomic E-state index is -0.983. The van der Waals surface area contributed by atoms with Crippen LogP contribution in [-0.2, 0) is 4.79 Å². The van der Waals surface area contributed by atoms with Gasteiger partial charge >= 0.3 is 5.97 Å². The lowest BCUT2D eigenvalue weighted by Gasteiger charge is -2.15. The van der Waals surface area contributed by atoms with Crippen molar-refractivity contribution in [1.29, 1.82) is 0 Å². The van der Waals surface area contributed by atoms with Crippen LogP contribution in [0, 0.1) is 0 Å². The molecule has 0 fully saturated rings. The molecule has 0 bridgehead atoms. The van der Waals surface area contributed by atoms with Crippen LogP contribution in [0.2, 0.25) is 5.02 Å². The summed E-state index contributed by atoms with van der Waals surface area (Å²) in [6.07, 6.45) is 0.763. The van der Waals surface area contributed by atoms with E-state index in [4.69, 9.17) is 31.9 Å². The molecule has 18 heavy (non-hydrogen) atoms. The van der Waals surface area contributed by atoms with Crippen molar-refractivity contribution in [3.63, 3.8) is 0 Å². The van der Waals surface area contributed by atoms with Crippen molar-refractivity contribution in [3.8, 4) is 11.5 Å². The molecule has 1 heterocycles. The number of halogens is 1. The second-order valence-corrected chi connectivity index (χ2v) is 4.41. The van der Waals surface area contributed by atoms with Crippen LogP contribution in [0.3, 0.4) is 0 Å². The number of carbonyl (C=O) groups is 1. The van der Waals surface area contributed by atoms with Gasteiger partial charge in [0.25, 0.3) is 0 Å². The molecule has 0 radical (unpaired) electrons. The summed E-state index contributed by atoms with van der Waals surface area (Å²) in [7, 11) is 0. The average molecular weight is 272 g/mol. The zero-order valence-corrected chi connectivity index (χ0v) is 10.4. The van der Waals surface area contributed by atoms with Gasteiger partial charge in [-0.1, -0.05) is 11.6 Å². The minimum absolute atomic E-state index is 0.00526. The first-order valence-corrected chi connectivity index (χ1v) is 6.03. The molecule has 0 spiro atoms. The topological polar surface area (TPSA) is 81.8 Å². The largest absolute Gasteiger partial charge is 0.489 e. The first-order chi connectivity index (χ1) is 8.63. The summed E-state index contributed by atoms with van der Waals surface area (Å²) < 4.78 is 11.0. The molecule has 0 amide bonds. The van der Waals surface area contributed by atoms with E-state index in [1.54, 1.807) is 12.1 Å². The number of hydrogen-bond donors (Lipinski definition) is 2. The standard InChI is InChI=1S/C12H14ClNO4/c13-9-4-7(8(6-14)12(15)16)5-10-11(9)18-3-1-2-17-10/h4-5,8H,1-3,6,14H2,(H,15,16). The summed E-state index contributed by atoms with van der Waals surface area (Å²) in [6.45, 7) is 1.06. The molecule has 1 aromatic carbocycles. The predicted molar refractivity (Wildman–Crippen MR) is 66.5 cm³/mol. The van der Waals surface area contributed by atoms with Crippen molar-refractivity contribution in [2.45, 2.75) is 12.3 Å². The van der Waals surface area contributed by atoms with Gasteiger partial charge in [0.15, 0.2) is 11.5 Å². The van der Waals surface area contributed by atoms with E-state index in [1.165, 1.54) is 0 Å². The lowest BCUT2D eigenvalue weighted by Crippen LogP contribution is -2.21. The molecule has 98 valence electrons. The van der Waals surface area contributed by atoms with Crippen molar-refractivity contribution in [1.82, 2.24) is 0 Å². The van der Waals surface area contributed by atoms with Crippen LogP contribution in [0.4, 0.5) is 0 Å². The molecule has 1 atom stereocenters. The van der Waals surface area contributed by atoms with Crippen LogP contribution in [0.1, 0.15) is 17.9 Å². The Hall–Kier alpha value is -1.46. The van der Waals surface area contributed by atoms with Gasteiger partial charge < -0.3 is 20.3 Å². The number of nitrogens with two attached hydrogens (primary N) is 1. The predicted octanol–water partition coefficient (Wildman–Crippen LogP) is 1.63. The van der Waals surface area contributed by atoms with E-state index in [9.17, 15) is 4.79 Å². The summed E-state index contributed by atoms with van der Waals surface area (Å²) >= 11 is 6.09. The number of benzene rings is 1. The molecule has 1 aromatic rings. The van der Waals surface area contributed by atoms with Gasteiger partial charge in [0.1, 0.15) is 0 Å². The summed E-state index contributed by atoms with van der Waals surface area (Å²) in [5.74, 6) is -0.823. The molecule has 0 aromatic heterocycles. The normalized spacial score (nSPS) is 15.9. The molecule has 0 aliphatic carbocycles.